The summed E-state index contributed by atoms with van der Waals surface area (Å²) in [7, 11) is -2.83. The number of hydrogen-bond acceptors (Lipinski definition) is 5. The molecule has 1 atom stereocenters. The van der Waals surface area contributed by atoms with Gasteiger partial charge in [0.15, 0.2) is 0 Å². The van der Waals surface area contributed by atoms with E-state index in [1.54, 1.807) is 25.1 Å². The lowest BCUT2D eigenvalue weighted by Crippen LogP contribution is -2.47. The summed E-state index contributed by atoms with van der Waals surface area (Å²) in [5.74, 6) is 0. The van der Waals surface area contributed by atoms with E-state index in [9.17, 15) is 22.9 Å². The molecular weight excluding hydrogens is 421 g/mol. The number of anilines is 1. The van der Waals surface area contributed by atoms with Crippen LogP contribution in [0.25, 0.3) is 0 Å². The second kappa shape index (κ2) is 8.19. The number of nitrogens with two attached hydrogens (primary N) is 1. The molecule has 10 heteroatoms. The van der Waals surface area contributed by atoms with Gasteiger partial charge in [-0.15, -0.1) is 0 Å². The smallest absolute Gasteiger partial charge is 0.315 e. The van der Waals surface area contributed by atoms with Crippen molar-refractivity contribution in [1.29, 1.82) is 10.5 Å². The fourth-order valence-corrected chi connectivity index (χ4v) is 4.39. The summed E-state index contributed by atoms with van der Waals surface area (Å²) in [5, 5.41) is 24.4. The zero-order chi connectivity index (χ0) is 22.9. The summed E-state index contributed by atoms with van der Waals surface area (Å²) < 4.78 is 37.5. The Morgan fingerprint density at radius 1 is 1.16 bits per heavy atom. The van der Waals surface area contributed by atoms with Gasteiger partial charge in [-0.05, 0) is 36.8 Å². The highest BCUT2D eigenvalue weighted by molar-refractivity contribution is 7.89. The van der Waals surface area contributed by atoms with Gasteiger partial charge in [-0.25, -0.2) is 22.7 Å². The molecule has 2 N–H and O–H groups in total. The molecule has 0 saturated carbocycles. The number of hydrogen-bond donors (Lipinski definition) is 1. The third-order valence-corrected chi connectivity index (χ3v) is 6.03. The van der Waals surface area contributed by atoms with E-state index in [1.807, 2.05) is 6.07 Å². The van der Waals surface area contributed by atoms with E-state index in [4.69, 9.17) is 10.4 Å². The Morgan fingerprint density at radius 3 is 2.45 bits per heavy atom. The first-order valence-corrected chi connectivity index (χ1v) is 10.6. The SMILES string of the molecule is CC1=C(C#N)[C@@H](c2ccc(C#N)cc2S(N)(=O)=O)N(C)C(=O)N1c1cccc(CF)c1. The summed E-state index contributed by atoms with van der Waals surface area (Å²) in [6.07, 6.45) is 0. The first-order valence-electron chi connectivity index (χ1n) is 9.03. The third-order valence-electron chi connectivity index (χ3n) is 5.07. The minimum Gasteiger partial charge on any atom is -0.315 e. The van der Waals surface area contributed by atoms with Crippen molar-refractivity contribution in [3.63, 3.8) is 0 Å². The van der Waals surface area contributed by atoms with Gasteiger partial charge >= 0.3 is 6.03 Å². The number of sulfonamides is 1. The summed E-state index contributed by atoms with van der Waals surface area (Å²) in [4.78, 5) is 15.4. The van der Waals surface area contributed by atoms with Crippen molar-refractivity contribution in [3.05, 3.63) is 70.4 Å². The summed E-state index contributed by atoms with van der Waals surface area (Å²) in [6.45, 7) is 0.837. The fraction of sp³-hybridized carbons (Fsp3) is 0.190. The van der Waals surface area contributed by atoms with Crippen molar-refractivity contribution >= 4 is 21.7 Å². The normalized spacial score (nSPS) is 16.8. The molecule has 0 spiro atoms. The first-order chi connectivity index (χ1) is 14.6. The average molecular weight is 439 g/mol. The fourth-order valence-electron chi connectivity index (χ4n) is 3.59. The van der Waals surface area contributed by atoms with Crippen LogP contribution < -0.4 is 10.0 Å². The third kappa shape index (κ3) is 3.87. The highest BCUT2D eigenvalue weighted by Gasteiger charge is 2.39. The van der Waals surface area contributed by atoms with Crippen molar-refractivity contribution < 1.29 is 17.6 Å². The van der Waals surface area contributed by atoms with Gasteiger partial charge in [0.2, 0.25) is 10.0 Å². The van der Waals surface area contributed by atoms with Gasteiger partial charge in [0, 0.05) is 18.3 Å². The Bertz CT molecular complexity index is 1290. The summed E-state index contributed by atoms with van der Waals surface area (Å²) >= 11 is 0. The second-order valence-corrected chi connectivity index (χ2v) is 8.49. The average Bonchev–Trinajstić information content (AvgIpc) is 2.75. The zero-order valence-electron chi connectivity index (χ0n) is 16.7. The number of carbonyl (C=O) groups excluding carboxylic acids is 1. The maximum absolute atomic E-state index is 13.2. The molecular formula is C21H18FN5O3S. The molecule has 0 fully saturated rings. The molecule has 0 aromatic heterocycles. The van der Waals surface area contributed by atoms with Gasteiger partial charge in [-0.2, -0.15) is 10.5 Å². The highest BCUT2D eigenvalue weighted by atomic mass is 32.2. The number of alkyl halides is 1. The standard InChI is InChI=1S/C21H18FN5O3S/c1-13-18(12-24)20(17-7-6-15(11-23)9-19(17)31(25,29)30)26(2)21(28)27(13)16-5-3-4-14(8-16)10-22/h3-9,20H,10H2,1-2H3,(H2,25,29,30)/t20-/m1/s1. The van der Waals surface area contributed by atoms with Crippen LogP contribution in [0.2, 0.25) is 0 Å². The number of benzene rings is 2. The van der Waals surface area contributed by atoms with Gasteiger partial charge in [-0.3, -0.25) is 4.90 Å². The zero-order valence-corrected chi connectivity index (χ0v) is 17.5. The van der Waals surface area contributed by atoms with Crippen LogP contribution in [0.1, 0.15) is 29.7 Å². The molecule has 1 heterocycles. The number of likely N-dealkylation sites (N-methyl/N-ethyl adjacent to an activating group) is 1. The number of nitriles is 2. The van der Waals surface area contributed by atoms with Gasteiger partial charge in [0.1, 0.15) is 6.67 Å². The molecule has 2 aromatic rings. The molecule has 2 amide bonds. The van der Waals surface area contributed by atoms with E-state index in [1.165, 1.54) is 35.0 Å². The maximum atomic E-state index is 13.2. The van der Waals surface area contributed by atoms with E-state index in [2.05, 4.69) is 6.07 Å². The lowest BCUT2D eigenvalue weighted by molar-refractivity contribution is 0.202. The lowest BCUT2D eigenvalue weighted by Gasteiger charge is -2.40. The first kappa shape index (κ1) is 22.0. The Kier molecular flexibility index (Phi) is 5.80. The number of primary sulfonamides is 1. The predicted octanol–water partition coefficient (Wildman–Crippen LogP) is 3.09. The van der Waals surface area contributed by atoms with Crippen molar-refractivity contribution in [2.75, 3.05) is 11.9 Å². The maximum Gasteiger partial charge on any atom is 0.329 e. The van der Waals surface area contributed by atoms with Gasteiger partial charge in [0.05, 0.1) is 39.9 Å². The van der Waals surface area contributed by atoms with Crippen LogP contribution in [0.5, 0.6) is 0 Å². The molecule has 31 heavy (non-hydrogen) atoms. The highest BCUT2D eigenvalue weighted by Crippen LogP contribution is 2.40. The second-order valence-electron chi connectivity index (χ2n) is 6.96. The van der Waals surface area contributed by atoms with Gasteiger partial charge < -0.3 is 4.90 Å². The van der Waals surface area contributed by atoms with Crippen LogP contribution in [0, 0.1) is 22.7 Å². The van der Waals surface area contributed by atoms with E-state index in [0.29, 0.717) is 11.3 Å². The molecule has 1 aliphatic rings. The Balaban J connectivity index is 2.26. The topological polar surface area (TPSA) is 131 Å². The molecule has 1 aliphatic heterocycles. The number of carbonyl (C=O) groups is 1. The molecule has 0 saturated heterocycles. The number of nitrogens with zero attached hydrogens (tertiary/aromatic N) is 4. The molecule has 8 nitrogen and oxygen atoms in total. The van der Waals surface area contributed by atoms with Crippen LogP contribution in [-0.4, -0.2) is 26.4 Å². The Labute approximate surface area is 179 Å². The van der Waals surface area contributed by atoms with Crippen molar-refractivity contribution in [3.8, 4) is 12.1 Å². The molecule has 158 valence electrons. The Hall–Kier alpha value is -3.73. The summed E-state index contributed by atoms with van der Waals surface area (Å²) in [6, 6.07) is 12.5. The number of urea groups is 1. The Morgan fingerprint density at radius 2 is 1.87 bits per heavy atom. The molecule has 3 rings (SSSR count). The van der Waals surface area contributed by atoms with E-state index in [0.717, 1.165) is 6.07 Å². The molecule has 0 radical (unpaired) electrons. The quantitative estimate of drug-likeness (QED) is 0.782. The van der Waals surface area contributed by atoms with Crippen molar-refractivity contribution in [1.82, 2.24) is 4.90 Å². The number of amides is 2. The van der Waals surface area contributed by atoms with Crippen LogP contribution in [0.3, 0.4) is 0 Å². The van der Waals surface area contributed by atoms with E-state index < -0.39 is 28.8 Å². The van der Waals surface area contributed by atoms with E-state index in [-0.39, 0.29) is 27.3 Å². The van der Waals surface area contributed by atoms with Crippen LogP contribution >= 0.6 is 0 Å². The summed E-state index contributed by atoms with van der Waals surface area (Å²) in [5.41, 5.74) is 1.30. The minimum absolute atomic E-state index is 0.0708. The molecule has 0 bridgehead atoms. The largest absolute Gasteiger partial charge is 0.329 e. The number of rotatable bonds is 4. The minimum atomic E-state index is -4.26. The van der Waals surface area contributed by atoms with Crippen LogP contribution in [-0.2, 0) is 16.7 Å². The monoisotopic (exact) mass is 439 g/mol. The van der Waals surface area contributed by atoms with E-state index >= 15 is 0 Å². The molecule has 0 unspecified atom stereocenters. The van der Waals surface area contributed by atoms with Gasteiger partial charge in [0.25, 0.3) is 0 Å². The van der Waals surface area contributed by atoms with Crippen LogP contribution in [0.15, 0.2) is 58.6 Å². The van der Waals surface area contributed by atoms with Crippen molar-refractivity contribution in [2.45, 2.75) is 24.5 Å². The van der Waals surface area contributed by atoms with Crippen LogP contribution in [0.4, 0.5) is 14.9 Å². The predicted molar refractivity (Wildman–Crippen MR) is 110 cm³/mol. The van der Waals surface area contributed by atoms with Gasteiger partial charge in [-0.1, -0.05) is 18.2 Å². The number of halogens is 1. The van der Waals surface area contributed by atoms with Crippen molar-refractivity contribution in [2.24, 2.45) is 5.14 Å². The number of allylic oxidation sites excluding steroid dienone is 1. The molecule has 0 aliphatic carbocycles. The molecule has 2 aromatic carbocycles. The lowest BCUT2D eigenvalue weighted by atomic mass is 9.93.